The largest absolute Gasteiger partial charge is 0.494 e. The Labute approximate surface area is 194 Å². The molecular weight excluding hydrogens is 410 g/mol. The molecule has 4 aromatic rings. The Morgan fingerprint density at radius 3 is 1.94 bits per heavy atom. The van der Waals surface area contributed by atoms with Crippen LogP contribution in [0.3, 0.4) is 0 Å². The Morgan fingerprint density at radius 2 is 1.27 bits per heavy atom. The zero-order valence-electron chi connectivity index (χ0n) is 18.5. The highest BCUT2D eigenvalue weighted by molar-refractivity contribution is 5.74. The summed E-state index contributed by atoms with van der Waals surface area (Å²) < 4.78 is 11.8. The van der Waals surface area contributed by atoms with Crippen LogP contribution in [0.4, 0.5) is 0 Å². The van der Waals surface area contributed by atoms with E-state index >= 15 is 0 Å². The minimum absolute atomic E-state index is 0.605. The van der Waals surface area contributed by atoms with Gasteiger partial charge in [0.05, 0.1) is 18.9 Å². The van der Waals surface area contributed by atoms with Crippen molar-refractivity contribution < 1.29 is 14.3 Å². The number of rotatable bonds is 11. The van der Waals surface area contributed by atoms with E-state index in [2.05, 4.69) is 30.3 Å². The van der Waals surface area contributed by atoms with E-state index < -0.39 is 0 Å². The van der Waals surface area contributed by atoms with Crippen molar-refractivity contribution in [2.45, 2.75) is 19.3 Å². The van der Waals surface area contributed by atoms with Gasteiger partial charge in [-0.1, -0.05) is 60.7 Å². The van der Waals surface area contributed by atoms with Crippen LogP contribution in [0.1, 0.15) is 29.6 Å². The standard InChI is InChI=1S/C29H27NO3/c31-22-23-14-16-27(17-15-23)32-18-8-3-9-19-33-29-21-26(24-10-4-1-5-11-24)20-28(30-29)25-12-6-2-7-13-25/h1-2,4-7,10-17,20-22H,3,8-9,18-19H2. The minimum atomic E-state index is 0.605. The molecule has 0 spiro atoms. The molecule has 0 radical (unpaired) electrons. The van der Waals surface area contributed by atoms with Crippen molar-refractivity contribution in [1.29, 1.82) is 0 Å². The molecule has 0 aliphatic rings. The van der Waals surface area contributed by atoms with E-state index in [1.165, 1.54) is 0 Å². The molecule has 4 rings (SSSR count). The number of unbranched alkanes of at least 4 members (excludes halogenated alkanes) is 2. The second-order valence-electron chi connectivity index (χ2n) is 7.76. The number of carbonyl (C=O) groups is 1. The lowest BCUT2D eigenvalue weighted by molar-refractivity contribution is 0.112. The molecule has 0 saturated heterocycles. The van der Waals surface area contributed by atoms with Crippen LogP contribution in [-0.2, 0) is 0 Å². The normalized spacial score (nSPS) is 10.5. The number of ether oxygens (including phenoxy) is 2. The Kier molecular flexibility index (Phi) is 7.85. The number of carbonyl (C=O) groups excluding carboxylic acids is 1. The predicted molar refractivity (Wildman–Crippen MR) is 132 cm³/mol. The monoisotopic (exact) mass is 437 g/mol. The van der Waals surface area contributed by atoms with E-state index in [1.807, 2.05) is 54.6 Å². The van der Waals surface area contributed by atoms with Crippen molar-refractivity contribution in [2.24, 2.45) is 0 Å². The number of aromatic nitrogens is 1. The Hall–Kier alpha value is -3.92. The number of pyridine rings is 1. The first-order valence-electron chi connectivity index (χ1n) is 11.3. The highest BCUT2D eigenvalue weighted by atomic mass is 16.5. The molecule has 4 heteroatoms. The third kappa shape index (κ3) is 6.53. The maximum absolute atomic E-state index is 10.7. The Bertz CT molecular complexity index is 1080. The molecule has 0 atom stereocenters. The van der Waals surface area contributed by atoms with Crippen LogP contribution in [0.15, 0.2) is 97.1 Å². The summed E-state index contributed by atoms with van der Waals surface area (Å²) in [4.78, 5) is 15.5. The Morgan fingerprint density at radius 1 is 0.636 bits per heavy atom. The van der Waals surface area contributed by atoms with Crippen LogP contribution >= 0.6 is 0 Å². The molecule has 0 fully saturated rings. The second-order valence-corrected chi connectivity index (χ2v) is 7.76. The van der Waals surface area contributed by atoms with Crippen LogP contribution in [0, 0.1) is 0 Å². The summed E-state index contributed by atoms with van der Waals surface area (Å²) in [6, 6.07) is 31.7. The lowest BCUT2D eigenvalue weighted by atomic mass is 10.0. The van der Waals surface area contributed by atoms with Gasteiger partial charge in [0.2, 0.25) is 5.88 Å². The van der Waals surface area contributed by atoms with Gasteiger partial charge in [0.1, 0.15) is 12.0 Å². The van der Waals surface area contributed by atoms with Gasteiger partial charge in [-0.05, 0) is 60.7 Å². The summed E-state index contributed by atoms with van der Waals surface area (Å²) >= 11 is 0. The highest BCUT2D eigenvalue weighted by Crippen LogP contribution is 2.28. The zero-order chi connectivity index (χ0) is 22.7. The molecule has 166 valence electrons. The van der Waals surface area contributed by atoms with Gasteiger partial charge in [-0.2, -0.15) is 0 Å². The van der Waals surface area contributed by atoms with E-state index in [9.17, 15) is 4.79 Å². The minimum Gasteiger partial charge on any atom is -0.494 e. The maximum Gasteiger partial charge on any atom is 0.214 e. The first kappa shape index (κ1) is 22.3. The molecule has 0 N–H and O–H groups in total. The molecule has 33 heavy (non-hydrogen) atoms. The molecule has 3 aromatic carbocycles. The number of benzene rings is 3. The van der Waals surface area contributed by atoms with Gasteiger partial charge >= 0.3 is 0 Å². The SMILES string of the molecule is O=Cc1ccc(OCCCCCOc2cc(-c3ccccc3)cc(-c3ccccc3)n2)cc1. The van der Waals surface area contributed by atoms with Crippen molar-refractivity contribution in [1.82, 2.24) is 4.98 Å². The van der Waals surface area contributed by atoms with Gasteiger partial charge in [-0.25, -0.2) is 4.98 Å². The molecule has 4 nitrogen and oxygen atoms in total. The molecular formula is C29H27NO3. The van der Waals surface area contributed by atoms with Crippen molar-refractivity contribution in [3.8, 4) is 34.0 Å². The number of nitrogens with zero attached hydrogens (tertiary/aromatic N) is 1. The predicted octanol–water partition coefficient (Wildman–Crippen LogP) is 6.86. The van der Waals surface area contributed by atoms with Crippen molar-refractivity contribution in [2.75, 3.05) is 13.2 Å². The quantitative estimate of drug-likeness (QED) is 0.190. The van der Waals surface area contributed by atoms with E-state index in [0.717, 1.165) is 53.7 Å². The van der Waals surface area contributed by atoms with E-state index in [0.29, 0.717) is 24.7 Å². The summed E-state index contributed by atoms with van der Waals surface area (Å²) in [7, 11) is 0. The van der Waals surface area contributed by atoms with Crippen molar-refractivity contribution in [3.05, 3.63) is 103 Å². The van der Waals surface area contributed by atoms with Gasteiger partial charge in [-0.15, -0.1) is 0 Å². The van der Waals surface area contributed by atoms with E-state index in [1.54, 1.807) is 12.1 Å². The maximum atomic E-state index is 10.7. The van der Waals surface area contributed by atoms with E-state index in [-0.39, 0.29) is 0 Å². The molecule has 1 aromatic heterocycles. The summed E-state index contributed by atoms with van der Waals surface area (Å²) in [6.45, 7) is 1.24. The fraction of sp³-hybridized carbons (Fsp3) is 0.172. The lowest BCUT2D eigenvalue weighted by Crippen LogP contribution is -2.02. The summed E-state index contributed by atoms with van der Waals surface area (Å²) in [5.41, 5.74) is 4.85. The van der Waals surface area contributed by atoms with Gasteiger partial charge < -0.3 is 9.47 Å². The van der Waals surface area contributed by atoms with Gasteiger partial charge in [0.25, 0.3) is 0 Å². The fourth-order valence-corrected chi connectivity index (χ4v) is 3.52. The molecule has 0 unspecified atom stereocenters. The molecule has 1 heterocycles. The van der Waals surface area contributed by atoms with E-state index in [4.69, 9.17) is 14.5 Å². The lowest BCUT2D eigenvalue weighted by Gasteiger charge is -2.11. The molecule has 0 bridgehead atoms. The topological polar surface area (TPSA) is 48.4 Å². The molecule has 0 aliphatic carbocycles. The first-order chi connectivity index (χ1) is 16.3. The average molecular weight is 438 g/mol. The van der Waals surface area contributed by atoms with Crippen LogP contribution < -0.4 is 9.47 Å². The summed E-state index contributed by atoms with van der Waals surface area (Å²) in [5.74, 6) is 1.42. The highest BCUT2D eigenvalue weighted by Gasteiger charge is 2.08. The Balaban J connectivity index is 1.31. The smallest absolute Gasteiger partial charge is 0.214 e. The van der Waals surface area contributed by atoms with Crippen molar-refractivity contribution >= 4 is 6.29 Å². The van der Waals surface area contributed by atoms with Gasteiger partial charge in [-0.3, -0.25) is 4.79 Å². The number of hydrogen-bond acceptors (Lipinski definition) is 4. The summed E-state index contributed by atoms with van der Waals surface area (Å²) in [5, 5.41) is 0. The third-order valence-electron chi connectivity index (χ3n) is 5.30. The van der Waals surface area contributed by atoms with Crippen LogP contribution in [-0.4, -0.2) is 24.5 Å². The number of aldehydes is 1. The van der Waals surface area contributed by atoms with Crippen LogP contribution in [0.25, 0.3) is 22.4 Å². The first-order valence-corrected chi connectivity index (χ1v) is 11.3. The third-order valence-corrected chi connectivity index (χ3v) is 5.30. The van der Waals surface area contributed by atoms with Gasteiger partial charge in [0.15, 0.2) is 0 Å². The number of hydrogen-bond donors (Lipinski definition) is 0. The van der Waals surface area contributed by atoms with Crippen molar-refractivity contribution in [3.63, 3.8) is 0 Å². The summed E-state index contributed by atoms with van der Waals surface area (Å²) in [6.07, 6.45) is 3.68. The van der Waals surface area contributed by atoms with Crippen LogP contribution in [0.2, 0.25) is 0 Å². The fourth-order valence-electron chi connectivity index (χ4n) is 3.52. The zero-order valence-corrected chi connectivity index (χ0v) is 18.5. The van der Waals surface area contributed by atoms with Gasteiger partial charge in [0, 0.05) is 17.2 Å². The molecule has 0 saturated carbocycles. The molecule has 0 aliphatic heterocycles. The van der Waals surface area contributed by atoms with Crippen LogP contribution in [0.5, 0.6) is 11.6 Å². The second kappa shape index (κ2) is 11.6. The average Bonchev–Trinajstić information content (AvgIpc) is 2.89. The molecule has 0 amide bonds.